The van der Waals surface area contributed by atoms with Gasteiger partial charge in [0, 0.05) is 6.42 Å². The highest BCUT2D eigenvalue weighted by molar-refractivity contribution is 5.04. The largest absolute Gasteiger partial charge is 0.449 e. The molecule has 1 radical (unpaired) electrons. The molecule has 1 atom stereocenters. The third kappa shape index (κ3) is 5.46. The monoisotopic (exact) mass is 379 g/mol. The minimum Gasteiger partial charge on any atom is -0.422 e. The van der Waals surface area contributed by atoms with E-state index >= 15 is 0 Å². The number of hydrogen-bond donors (Lipinski definition) is 0. The third-order valence-electron chi connectivity index (χ3n) is 2.48. The first-order valence-electron chi connectivity index (χ1n) is 5.87. The lowest BCUT2D eigenvalue weighted by atomic mass is 10.1. The number of allylic oxidation sites excluding steroid dienone is 2. The molecule has 0 bridgehead atoms. The van der Waals surface area contributed by atoms with Crippen molar-refractivity contribution in [2.75, 3.05) is 0 Å². The topological polar surface area (TPSA) is 38.4 Å². The molecule has 0 rings (SSSR count). The molecule has 0 aliphatic heterocycles. The van der Waals surface area contributed by atoms with Gasteiger partial charge in [0.25, 0.3) is 17.4 Å². The molecule has 0 spiro atoms. The summed E-state index contributed by atoms with van der Waals surface area (Å²) < 4.78 is 131. The average Bonchev–Trinajstić information content (AvgIpc) is 2.42. The van der Waals surface area contributed by atoms with Gasteiger partial charge in [0.2, 0.25) is 0 Å². The quantitative estimate of drug-likeness (QED) is 0.358. The summed E-state index contributed by atoms with van der Waals surface area (Å²) in [6, 6.07) is -6.18. The fourth-order valence-electron chi connectivity index (χ4n) is 1.23. The number of halogens is 10. The highest BCUT2D eigenvalue weighted by Gasteiger charge is 2.48. The molecule has 0 N–H and O–H groups in total. The van der Waals surface area contributed by atoms with Gasteiger partial charge in [-0.15, -0.1) is 0 Å². The Hall–Kier alpha value is -1.66. The van der Waals surface area contributed by atoms with E-state index in [2.05, 4.69) is 9.47 Å². The molecule has 0 saturated carbocycles. The van der Waals surface area contributed by atoms with E-state index in [1.54, 1.807) is 0 Å². The minimum atomic E-state index is -5.90. The normalized spacial score (nSPS) is 19.0. The van der Waals surface area contributed by atoms with Crippen LogP contribution in [0.1, 0.15) is 20.3 Å². The van der Waals surface area contributed by atoms with E-state index in [9.17, 15) is 49.0 Å². The fraction of sp³-hybridized carbons (Fsp3) is 0.636. The predicted octanol–water partition coefficient (Wildman–Crippen LogP) is 5.29. The molecule has 0 saturated heterocycles. The summed E-state index contributed by atoms with van der Waals surface area (Å²) >= 11 is 0. The van der Waals surface area contributed by atoms with Crippen molar-refractivity contribution in [2.45, 2.75) is 44.5 Å². The van der Waals surface area contributed by atoms with Crippen LogP contribution in [0.5, 0.6) is 0 Å². The van der Waals surface area contributed by atoms with Crippen LogP contribution in [0.25, 0.3) is 0 Å². The average molecular weight is 379 g/mol. The van der Waals surface area contributed by atoms with Gasteiger partial charge in [-0.3, -0.25) is 0 Å². The molecule has 0 fully saturated rings. The van der Waals surface area contributed by atoms with Crippen molar-refractivity contribution in [3.05, 3.63) is 23.7 Å². The van der Waals surface area contributed by atoms with Crippen molar-refractivity contribution in [1.29, 1.82) is 0 Å². The molecule has 0 aromatic heterocycles. The zero-order valence-electron chi connectivity index (χ0n) is 11.8. The van der Waals surface area contributed by atoms with Gasteiger partial charge in [-0.25, -0.2) is 5.11 Å². The van der Waals surface area contributed by atoms with Crippen LogP contribution in [0.4, 0.5) is 43.9 Å². The van der Waals surface area contributed by atoms with E-state index in [4.69, 9.17) is 0 Å². The Kier molecular flexibility index (Phi) is 6.97. The highest BCUT2D eigenvalue weighted by atomic mass is 19.4. The van der Waals surface area contributed by atoms with E-state index in [0.717, 1.165) is 6.92 Å². The first kappa shape index (κ1) is 22.3. The van der Waals surface area contributed by atoms with Gasteiger partial charge in [0.05, 0.1) is 0 Å². The van der Waals surface area contributed by atoms with Crippen LogP contribution in [-0.2, 0) is 14.6 Å². The summed E-state index contributed by atoms with van der Waals surface area (Å²) in [4.78, 5) is 0. The first-order valence-corrected chi connectivity index (χ1v) is 5.87. The van der Waals surface area contributed by atoms with Crippen LogP contribution in [0, 0.1) is 0 Å². The van der Waals surface area contributed by atoms with Crippen molar-refractivity contribution in [2.24, 2.45) is 0 Å². The maximum atomic E-state index is 13.1. The summed E-state index contributed by atoms with van der Waals surface area (Å²) in [5.74, 6) is -10.4. The molecule has 3 nitrogen and oxygen atoms in total. The van der Waals surface area contributed by atoms with E-state index in [-0.39, 0.29) is 0 Å². The van der Waals surface area contributed by atoms with Crippen LogP contribution in [0.2, 0.25) is 0 Å². The Balaban J connectivity index is 5.87. The number of rotatable bonds is 6. The lowest BCUT2D eigenvalue weighted by Crippen LogP contribution is -2.44. The van der Waals surface area contributed by atoms with E-state index in [1.807, 2.05) is 0 Å². The van der Waals surface area contributed by atoms with Gasteiger partial charge in [-0.05, 0) is 6.92 Å². The Labute approximate surface area is 128 Å². The first-order chi connectivity index (χ1) is 10.6. The van der Waals surface area contributed by atoms with Crippen molar-refractivity contribution < 1.29 is 58.5 Å². The van der Waals surface area contributed by atoms with Crippen LogP contribution in [0.15, 0.2) is 23.7 Å². The SMILES string of the molecule is CCC(OC(F)=C(F)C(F)(F)F)(OC(F)=C(F)C(F)(F)F)C(C)[O]. The fourth-order valence-corrected chi connectivity index (χ4v) is 1.23. The number of ether oxygens (including phenoxy) is 2. The summed E-state index contributed by atoms with van der Waals surface area (Å²) in [5, 5.41) is 11.4. The zero-order valence-corrected chi connectivity index (χ0v) is 11.8. The Morgan fingerprint density at radius 2 is 1.12 bits per heavy atom. The third-order valence-corrected chi connectivity index (χ3v) is 2.48. The summed E-state index contributed by atoms with van der Waals surface area (Å²) in [6.07, 6.45) is -15.4. The van der Waals surface area contributed by atoms with Crippen LogP contribution in [-0.4, -0.2) is 24.2 Å². The van der Waals surface area contributed by atoms with Gasteiger partial charge in [-0.1, -0.05) is 6.92 Å². The molecule has 24 heavy (non-hydrogen) atoms. The standard InChI is InChI=1S/C11H9F10O3/c1-3-9(4(2)22,23-7(14)5(12)10(16,17)18)24-8(15)6(13)11(19,20)21/h4H,3H2,1-2H3. The van der Waals surface area contributed by atoms with Crippen molar-refractivity contribution >= 4 is 0 Å². The van der Waals surface area contributed by atoms with Crippen molar-refractivity contribution in [3.8, 4) is 0 Å². The molecule has 1 unspecified atom stereocenters. The maximum absolute atomic E-state index is 13.1. The van der Waals surface area contributed by atoms with Gasteiger partial charge < -0.3 is 9.47 Å². The molecule has 141 valence electrons. The summed E-state index contributed by atoms with van der Waals surface area (Å²) in [7, 11) is 0. The van der Waals surface area contributed by atoms with Gasteiger partial charge in [0.1, 0.15) is 0 Å². The van der Waals surface area contributed by atoms with E-state index in [1.165, 1.54) is 0 Å². The minimum absolute atomic E-state index is 0.473. The summed E-state index contributed by atoms with van der Waals surface area (Å²) in [5.41, 5.74) is 0. The van der Waals surface area contributed by atoms with Crippen LogP contribution in [0.3, 0.4) is 0 Å². The Bertz CT molecular complexity index is 465. The predicted molar refractivity (Wildman–Crippen MR) is 55.9 cm³/mol. The molecular formula is C11H9F10O3. The molecular weight excluding hydrogens is 370 g/mol. The van der Waals surface area contributed by atoms with Gasteiger partial charge in [-0.2, -0.15) is 43.9 Å². The lowest BCUT2D eigenvalue weighted by Gasteiger charge is -2.33. The molecule has 0 aliphatic carbocycles. The molecule has 0 aromatic carbocycles. The summed E-state index contributed by atoms with van der Waals surface area (Å²) in [6.45, 7) is 1.27. The van der Waals surface area contributed by atoms with E-state index < -0.39 is 54.3 Å². The second-order valence-electron chi connectivity index (χ2n) is 4.18. The van der Waals surface area contributed by atoms with Gasteiger partial charge in [0.15, 0.2) is 6.10 Å². The smallest absolute Gasteiger partial charge is 0.422 e. The van der Waals surface area contributed by atoms with Crippen molar-refractivity contribution in [3.63, 3.8) is 0 Å². The molecule has 0 amide bonds. The zero-order chi connectivity index (χ0) is 19.5. The maximum Gasteiger partial charge on any atom is 0.449 e. The highest BCUT2D eigenvalue weighted by Crippen LogP contribution is 2.38. The molecule has 0 aromatic rings. The molecule has 0 aliphatic rings. The number of alkyl halides is 6. The number of hydrogen-bond acceptors (Lipinski definition) is 2. The van der Waals surface area contributed by atoms with Crippen LogP contribution < -0.4 is 0 Å². The van der Waals surface area contributed by atoms with Crippen LogP contribution >= 0.6 is 0 Å². The molecule has 13 heteroatoms. The Morgan fingerprint density at radius 1 is 0.833 bits per heavy atom. The van der Waals surface area contributed by atoms with E-state index in [0.29, 0.717) is 6.92 Å². The van der Waals surface area contributed by atoms with Crippen molar-refractivity contribution in [1.82, 2.24) is 0 Å². The molecule has 0 heterocycles. The second kappa shape index (κ2) is 7.49. The Morgan fingerprint density at radius 3 is 1.29 bits per heavy atom. The second-order valence-corrected chi connectivity index (χ2v) is 4.18. The lowest BCUT2D eigenvalue weighted by molar-refractivity contribution is -0.279. The van der Waals surface area contributed by atoms with Gasteiger partial charge >= 0.3 is 24.4 Å².